The maximum atomic E-state index is 12.2. The third-order valence-electron chi connectivity index (χ3n) is 2.87. The number of hydrogen-bond donors (Lipinski definition) is 1. The Balaban J connectivity index is 2.25. The van der Waals surface area contributed by atoms with Gasteiger partial charge in [0.15, 0.2) is 0 Å². The molecule has 1 atom stereocenters. The van der Waals surface area contributed by atoms with Crippen LogP contribution in [-0.2, 0) is 11.0 Å². The summed E-state index contributed by atoms with van der Waals surface area (Å²) in [6, 6.07) is 14.5. The molecule has 0 saturated heterocycles. The van der Waals surface area contributed by atoms with Crippen molar-refractivity contribution in [3.05, 3.63) is 59.7 Å². The van der Waals surface area contributed by atoms with E-state index in [2.05, 4.69) is 0 Å². The number of hydrogen-bond acceptors (Lipinski definition) is 2. The Morgan fingerprint density at radius 3 is 2.47 bits per heavy atom. The number of rotatable bonds is 0. The van der Waals surface area contributed by atoms with Crippen molar-refractivity contribution < 1.29 is 14.0 Å². The molecule has 86 valence electrons. The molecule has 0 amide bonds. The molecular formula is C13H11O3P. The SMILES string of the molecule is O=P1(O)Oc2ccccc2Cc2ccccc21. The van der Waals surface area contributed by atoms with Crippen molar-refractivity contribution in [1.29, 1.82) is 0 Å². The first-order valence-corrected chi connectivity index (χ1v) is 6.93. The first-order chi connectivity index (χ1) is 8.17. The molecule has 1 N–H and O–H groups in total. The minimum Gasteiger partial charge on any atom is -0.421 e. The fraction of sp³-hybridized carbons (Fsp3) is 0.0769. The van der Waals surface area contributed by atoms with E-state index in [0.717, 1.165) is 11.1 Å². The lowest BCUT2D eigenvalue weighted by molar-refractivity contribution is 0.393. The van der Waals surface area contributed by atoms with Crippen LogP contribution in [0.5, 0.6) is 5.75 Å². The number of benzene rings is 2. The van der Waals surface area contributed by atoms with Crippen molar-refractivity contribution in [3.63, 3.8) is 0 Å². The number of para-hydroxylation sites is 1. The van der Waals surface area contributed by atoms with E-state index in [1.165, 1.54) is 0 Å². The van der Waals surface area contributed by atoms with Crippen molar-refractivity contribution in [3.8, 4) is 5.75 Å². The molecule has 0 aliphatic carbocycles. The summed E-state index contributed by atoms with van der Waals surface area (Å²) in [6.07, 6.45) is 0.622. The van der Waals surface area contributed by atoms with Gasteiger partial charge in [-0.2, -0.15) is 0 Å². The van der Waals surface area contributed by atoms with Crippen LogP contribution in [0.1, 0.15) is 11.1 Å². The molecule has 2 aromatic rings. The van der Waals surface area contributed by atoms with Crippen LogP contribution in [0.25, 0.3) is 0 Å². The molecule has 2 aromatic carbocycles. The van der Waals surface area contributed by atoms with Gasteiger partial charge in [0.25, 0.3) is 0 Å². The predicted molar refractivity (Wildman–Crippen MR) is 65.8 cm³/mol. The van der Waals surface area contributed by atoms with Gasteiger partial charge in [0.05, 0.1) is 5.30 Å². The van der Waals surface area contributed by atoms with E-state index in [-0.39, 0.29) is 0 Å². The molecule has 0 aromatic heterocycles. The van der Waals surface area contributed by atoms with Gasteiger partial charge in [0.1, 0.15) is 5.75 Å². The number of fused-ring (bicyclic) bond motifs is 2. The average Bonchev–Trinajstić information content (AvgIpc) is 2.42. The molecule has 4 heteroatoms. The maximum absolute atomic E-state index is 12.2. The summed E-state index contributed by atoms with van der Waals surface area (Å²) in [4.78, 5) is 9.99. The van der Waals surface area contributed by atoms with Crippen LogP contribution >= 0.6 is 7.60 Å². The monoisotopic (exact) mass is 246 g/mol. The minimum atomic E-state index is -3.75. The van der Waals surface area contributed by atoms with Crippen molar-refractivity contribution in [2.24, 2.45) is 0 Å². The van der Waals surface area contributed by atoms with Crippen molar-refractivity contribution in [2.75, 3.05) is 0 Å². The van der Waals surface area contributed by atoms with E-state index < -0.39 is 7.60 Å². The Bertz CT molecular complexity index is 622. The van der Waals surface area contributed by atoms with Gasteiger partial charge < -0.3 is 9.42 Å². The molecular weight excluding hydrogens is 235 g/mol. The van der Waals surface area contributed by atoms with Crippen LogP contribution in [0, 0.1) is 0 Å². The zero-order chi connectivity index (χ0) is 11.9. The first kappa shape index (κ1) is 10.6. The molecule has 0 radical (unpaired) electrons. The Labute approximate surface area is 99.2 Å². The lowest BCUT2D eigenvalue weighted by Crippen LogP contribution is -2.11. The highest BCUT2D eigenvalue weighted by Crippen LogP contribution is 2.46. The summed E-state index contributed by atoms with van der Waals surface area (Å²) >= 11 is 0. The van der Waals surface area contributed by atoms with Gasteiger partial charge >= 0.3 is 7.60 Å². The first-order valence-electron chi connectivity index (χ1n) is 5.35. The smallest absolute Gasteiger partial charge is 0.408 e. The molecule has 0 spiro atoms. The molecule has 3 rings (SSSR count). The van der Waals surface area contributed by atoms with Gasteiger partial charge in [-0.05, 0) is 23.3 Å². The van der Waals surface area contributed by atoms with Gasteiger partial charge in [0.2, 0.25) is 0 Å². The Hall–Kier alpha value is -1.57. The zero-order valence-corrected chi connectivity index (χ0v) is 9.93. The van der Waals surface area contributed by atoms with Gasteiger partial charge in [-0.1, -0.05) is 36.4 Å². The molecule has 0 fully saturated rings. The fourth-order valence-electron chi connectivity index (χ4n) is 2.06. The summed E-state index contributed by atoms with van der Waals surface area (Å²) < 4.78 is 17.5. The Morgan fingerprint density at radius 2 is 1.65 bits per heavy atom. The highest BCUT2D eigenvalue weighted by atomic mass is 31.2. The highest BCUT2D eigenvalue weighted by molar-refractivity contribution is 7.61. The van der Waals surface area contributed by atoms with E-state index >= 15 is 0 Å². The standard InChI is InChI=1S/C13H11O3P/c14-17(15)13-8-4-2-6-11(13)9-10-5-1-3-7-12(10)16-17/h1-8H,9H2,(H,14,15). The van der Waals surface area contributed by atoms with Gasteiger partial charge in [0, 0.05) is 6.42 Å². The van der Waals surface area contributed by atoms with Crippen molar-refractivity contribution >= 4 is 12.9 Å². The van der Waals surface area contributed by atoms with Crippen LogP contribution < -0.4 is 9.83 Å². The molecule has 3 nitrogen and oxygen atoms in total. The zero-order valence-electron chi connectivity index (χ0n) is 9.04. The third kappa shape index (κ3) is 1.78. The maximum Gasteiger partial charge on any atom is 0.408 e. The average molecular weight is 246 g/mol. The van der Waals surface area contributed by atoms with E-state index in [1.54, 1.807) is 24.3 Å². The quantitative estimate of drug-likeness (QED) is 0.726. The molecule has 0 saturated carbocycles. The second kappa shape index (κ2) is 3.73. The lowest BCUT2D eigenvalue weighted by Gasteiger charge is -2.12. The summed E-state index contributed by atoms with van der Waals surface area (Å²) in [5.41, 5.74) is 1.79. The predicted octanol–water partition coefficient (Wildman–Crippen LogP) is 2.48. The fourth-order valence-corrected chi connectivity index (χ4v) is 3.40. The lowest BCUT2D eigenvalue weighted by atomic mass is 10.0. The van der Waals surface area contributed by atoms with Gasteiger partial charge in [-0.15, -0.1) is 0 Å². The van der Waals surface area contributed by atoms with E-state index in [0.29, 0.717) is 17.5 Å². The molecule has 1 heterocycles. The van der Waals surface area contributed by atoms with Crippen molar-refractivity contribution in [1.82, 2.24) is 0 Å². The van der Waals surface area contributed by atoms with Crippen LogP contribution in [-0.4, -0.2) is 4.89 Å². The highest BCUT2D eigenvalue weighted by Gasteiger charge is 2.31. The van der Waals surface area contributed by atoms with Gasteiger partial charge in [-0.25, -0.2) is 4.57 Å². The van der Waals surface area contributed by atoms with E-state index in [4.69, 9.17) is 4.52 Å². The van der Waals surface area contributed by atoms with Crippen LogP contribution in [0.15, 0.2) is 48.5 Å². The summed E-state index contributed by atoms with van der Waals surface area (Å²) in [5.74, 6) is 0.495. The largest absolute Gasteiger partial charge is 0.421 e. The van der Waals surface area contributed by atoms with E-state index in [1.807, 2.05) is 24.3 Å². The molecule has 17 heavy (non-hydrogen) atoms. The molecule has 1 unspecified atom stereocenters. The molecule has 0 bridgehead atoms. The van der Waals surface area contributed by atoms with Crippen LogP contribution in [0.2, 0.25) is 0 Å². The normalized spacial score (nSPS) is 21.9. The van der Waals surface area contributed by atoms with E-state index in [9.17, 15) is 9.46 Å². The molecule has 1 aliphatic rings. The second-order valence-electron chi connectivity index (χ2n) is 4.02. The van der Waals surface area contributed by atoms with Crippen molar-refractivity contribution in [2.45, 2.75) is 6.42 Å². The summed E-state index contributed by atoms with van der Waals surface area (Å²) in [7, 11) is -3.75. The van der Waals surface area contributed by atoms with Crippen LogP contribution in [0.3, 0.4) is 0 Å². The minimum absolute atomic E-state index is 0.399. The Morgan fingerprint density at radius 1 is 1.00 bits per heavy atom. The summed E-state index contributed by atoms with van der Waals surface area (Å²) in [6.45, 7) is 0. The van der Waals surface area contributed by atoms with Crippen LogP contribution in [0.4, 0.5) is 0 Å². The summed E-state index contributed by atoms with van der Waals surface area (Å²) in [5, 5.41) is 0.399. The second-order valence-corrected chi connectivity index (χ2v) is 5.73. The third-order valence-corrected chi connectivity index (χ3v) is 4.36. The van der Waals surface area contributed by atoms with Gasteiger partial charge in [-0.3, -0.25) is 0 Å². The Kier molecular flexibility index (Phi) is 2.32. The topological polar surface area (TPSA) is 46.5 Å². The molecule has 1 aliphatic heterocycles.